The number of carboxylic acids is 1. The SMILES string of the molecule is CC(C)(C)[Si](OC[C@@H]1O[C@@H](C(F)(F)C(=O)O)[C@H](OCc2ccccc2)[C@H](OCc2ccccc2)[C@H]1OCc1ccccc1)(c1ccccc1)c1ccccc1. The zero-order valence-electron chi connectivity index (χ0n) is 31.3. The van der Waals surface area contributed by atoms with Gasteiger partial charge >= 0.3 is 11.9 Å². The van der Waals surface area contributed by atoms with Crippen LogP contribution < -0.4 is 10.4 Å². The maximum absolute atomic E-state index is 16.2. The number of benzene rings is 5. The van der Waals surface area contributed by atoms with Crippen LogP contribution in [0.3, 0.4) is 0 Å². The number of carboxylic acid groups (broad SMARTS) is 1. The van der Waals surface area contributed by atoms with Gasteiger partial charge in [-0.15, -0.1) is 0 Å². The van der Waals surface area contributed by atoms with E-state index in [0.717, 1.165) is 21.5 Å². The van der Waals surface area contributed by atoms with Crippen molar-refractivity contribution in [2.75, 3.05) is 6.61 Å². The number of rotatable bonds is 16. The van der Waals surface area contributed by atoms with Gasteiger partial charge in [-0.25, -0.2) is 4.79 Å². The van der Waals surface area contributed by atoms with Crippen molar-refractivity contribution in [2.24, 2.45) is 0 Å². The lowest BCUT2D eigenvalue weighted by Gasteiger charge is -2.49. The van der Waals surface area contributed by atoms with E-state index in [2.05, 4.69) is 20.8 Å². The molecule has 55 heavy (non-hydrogen) atoms. The maximum atomic E-state index is 16.2. The lowest BCUT2D eigenvalue weighted by atomic mass is 9.91. The molecule has 288 valence electrons. The van der Waals surface area contributed by atoms with E-state index in [1.165, 1.54) is 0 Å². The Morgan fingerprint density at radius 2 is 0.964 bits per heavy atom. The molecule has 0 spiro atoms. The van der Waals surface area contributed by atoms with E-state index in [4.69, 9.17) is 23.4 Å². The van der Waals surface area contributed by atoms with E-state index >= 15 is 8.78 Å². The molecule has 0 saturated carbocycles. The number of hydrogen-bond donors (Lipinski definition) is 1. The Morgan fingerprint density at radius 3 is 1.35 bits per heavy atom. The summed E-state index contributed by atoms with van der Waals surface area (Å²) in [5.74, 6) is -6.70. The molecule has 0 aliphatic carbocycles. The summed E-state index contributed by atoms with van der Waals surface area (Å²) < 4.78 is 65.4. The molecule has 1 N–H and O–H groups in total. The van der Waals surface area contributed by atoms with Gasteiger partial charge in [0.1, 0.15) is 24.4 Å². The number of aliphatic carboxylic acids is 1. The number of carbonyl (C=O) groups is 1. The Balaban J connectivity index is 1.45. The van der Waals surface area contributed by atoms with Crippen LogP contribution in [0.2, 0.25) is 5.04 Å². The normalized spacial score (nSPS) is 20.6. The van der Waals surface area contributed by atoms with Gasteiger partial charge in [0.2, 0.25) is 0 Å². The molecule has 7 nitrogen and oxygen atoms in total. The minimum absolute atomic E-state index is 0.0234. The summed E-state index contributed by atoms with van der Waals surface area (Å²) in [6.07, 6.45) is -7.23. The molecule has 5 atom stereocenters. The molecule has 1 aliphatic rings. The van der Waals surface area contributed by atoms with Crippen LogP contribution in [0.1, 0.15) is 37.5 Å². The van der Waals surface area contributed by atoms with Gasteiger partial charge in [-0.2, -0.15) is 8.78 Å². The largest absolute Gasteiger partial charge is 0.477 e. The first-order valence-corrected chi connectivity index (χ1v) is 20.4. The first kappa shape index (κ1) is 40.1. The average Bonchev–Trinajstić information content (AvgIpc) is 3.20. The highest BCUT2D eigenvalue weighted by molar-refractivity contribution is 6.99. The second kappa shape index (κ2) is 17.9. The van der Waals surface area contributed by atoms with Crippen molar-refractivity contribution >= 4 is 24.7 Å². The fourth-order valence-corrected chi connectivity index (χ4v) is 11.9. The van der Waals surface area contributed by atoms with Crippen molar-refractivity contribution in [1.29, 1.82) is 0 Å². The monoisotopic (exact) mass is 766 g/mol. The van der Waals surface area contributed by atoms with Crippen molar-refractivity contribution in [3.63, 3.8) is 0 Å². The predicted octanol–water partition coefficient (Wildman–Crippen LogP) is 7.81. The zero-order valence-corrected chi connectivity index (χ0v) is 32.3. The van der Waals surface area contributed by atoms with Crippen LogP contribution in [-0.2, 0) is 48.0 Å². The van der Waals surface area contributed by atoms with Crippen molar-refractivity contribution < 1.29 is 42.1 Å². The van der Waals surface area contributed by atoms with Crippen LogP contribution >= 0.6 is 0 Å². The molecule has 0 unspecified atom stereocenters. The van der Waals surface area contributed by atoms with Crippen molar-refractivity contribution in [3.05, 3.63) is 168 Å². The highest BCUT2D eigenvalue weighted by Gasteiger charge is 2.61. The van der Waals surface area contributed by atoms with Gasteiger partial charge < -0.3 is 28.5 Å². The van der Waals surface area contributed by atoms with Gasteiger partial charge in [-0.1, -0.05) is 172 Å². The summed E-state index contributed by atoms with van der Waals surface area (Å²) in [5, 5.41) is 11.5. The molecular weight excluding hydrogens is 719 g/mol. The van der Waals surface area contributed by atoms with Gasteiger partial charge in [-0.3, -0.25) is 0 Å². The van der Waals surface area contributed by atoms with Crippen molar-refractivity contribution in [1.82, 2.24) is 0 Å². The second-order valence-electron chi connectivity index (χ2n) is 14.8. The van der Waals surface area contributed by atoms with Crippen LogP contribution in [-0.4, -0.2) is 62.4 Å². The summed E-state index contributed by atoms with van der Waals surface area (Å²) in [6, 6.07) is 47.8. The van der Waals surface area contributed by atoms with E-state index in [1.54, 1.807) is 12.1 Å². The van der Waals surface area contributed by atoms with Crippen LogP contribution in [0.5, 0.6) is 0 Å². The van der Waals surface area contributed by atoms with Gasteiger partial charge in [-0.05, 0) is 32.1 Å². The summed E-state index contributed by atoms with van der Waals surface area (Å²) in [5.41, 5.74) is 2.34. The molecule has 6 rings (SSSR count). The van der Waals surface area contributed by atoms with Crippen LogP contribution in [0, 0.1) is 0 Å². The standard InChI is InChI=1S/C45H48F2O7Si/c1-44(2,3)55(36-25-15-7-16-26-36,37-27-17-8-18-28-37)53-32-38-39(50-29-33-19-9-4-10-20-33)40(51-30-34-21-11-5-12-22-34)41(42(54-38)45(46,47)43(48)49)52-31-35-23-13-6-14-24-35/h4-28,38-42H,29-32H2,1-3H3,(H,48,49)/t38-,39-,40+,41+,42+/m0/s1. The summed E-state index contributed by atoms with van der Waals surface area (Å²) >= 11 is 0. The predicted molar refractivity (Wildman–Crippen MR) is 210 cm³/mol. The molecule has 0 aromatic heterocycles. The van der Waals surface area contributed by atoms with Gasteiger partial charge in [0.05, 0.1) is 26.4 Å². The third-order valence-corrected chi connectivity index (χ3v) is 15.0. The molecule has 10 heteroatoms. The first-order chi connectivity index (χ1) is 26.5. The quantitative estimate of drug-likeness (QED) is 0.103. The smallest absolute Gasteiger partial charge is 0.377 e. The van der Waals surface area contributed by atoms with Gasteiger partial charge in [0, 0.05) is 0 Å². The highest BCUT2D eigenvalue weighted by Crippen LogP contribution is 2.40. The molecule has 0 bridgehead atoms. The van der Waals surface area contributed by atoms with E-state index in [1.807, 2.05) is 140 Å². The lowest BCUT2D eigenvalue weighted by molar-refractivity contribution is -0.304. The first-order valence-electron chi connectivity index (χ1n) is 18.5. The summed E-state index contributed by atoms with van der Waals surface area (Å²) in [6.45, 7) is 6.17. The fraction of sp³-hybridized carbons (Fsp3) is 0.311. The highest BCUT2D eigenvalue weighted by atomic mass is 28.4. The fourth-order valence-electron chi connectivity index (χ4n) is 7.30. The third kappa shape index (κ3) is 9.29. The molecule has 5 aromatic carbocycles. The van der Waals surface area contributed by atoms with E-state index in [-0.39, 0.29) is 26.4 Å². The molecule has 0 amide bonds. The third-order valence-electron chi connectivity index (χ3n) is 10.0. The van der Waals surface area contributed by atoms with Gasteiger partial charge in [0.15, 0.2) is 6.10 Å². The van der Waals surface area contributed by atoms with Crippen LogP contribution in [0.4, 0.5) is 8.78 Å². The molecule has 1 fully saturated rings. The Bertz CT molecular complexity index is 1870. The minimum Gasteiger partial charge on any atom is -0.477 e. The molecule has 1 aliphatic heterocycles. The van der Waals surface area contributed by atoms with E-state index < -0.39 is 55.8 Å². The minimum atomic E-state index is -4.37. The number of ether oxygens (including phenoxy) is 4. The molecular formula is C45H48F2O7Si. The maximum Gasteiger partial charge on any atom is 0.377 e. The molecule has 1 heterocycles. The van der Waals surface area contributed by atoms with E-state index in [0.29, 0.717) is 5.56 Å². The Kier molecular flexibility index (Phi) is 13.1. The average molecular weight is 767 g/mol. The Hall–Kier alpha value is -4.55. The van der Waals surface area contributed by atoms with Crippen molar-refractivity contribution in [2.45, 2.75) is 82.1 Å². The number of hydrogen-bond acceptors (Lipinski definition) is 6. The number of halogens is 2. The lowest BCUT2D eigenvalue weighted by Crippen LogP contribution is -2.70. The van der Waals surface area contributed by atoms with E-state index in [9.17, 15) is 9.90 Å². The molecule has 0 radical (unpaired) electrons. The Labute approximate surface area is 322 Å². The topological polar surface area (TPSA) is 83.5 Å². The van der Waals surface area contributed by atoms with Crippen LogP contribution in [0.15, 0.2) is 152 Å². The molecule has 1 saturated heterocycles. The number of alkyl halides is 2. The van der Waals surface area contributed by atoms with Crippen LogP contribution in [0.25, 0.3) is 0 Å². The van der Waals surface area contributed by atoms with Crippen molar-refractivity contribution in [3.8, 4) is 0 Å². The summed E-state index contributed by atoms with van der Waals surface area (Å²) in [4.78, 5) is 12.4. The zero-order chi connectivity index (χ0) is 38.9. The Morgan fingerprint density at radius 1 is 0.600 bits per heavy atom. The molecule has 5 aromatic rings. The van der Waals surface area contributed by atoms with Gasteiger partial charge in [0.25, 0.3) is 8.32 Å². The second-order valence-corrected chi connectivity index (χ2v) is 19.1. The summed E-state index contributed by atoms with van der Waals surface area (Å²) in [7, 11) is -3.22.